The second kappa shape index (κ2) is 7.61. The molecule has 0 N–H and O–H groups in total. The van der Waals surface area contributed by atoms with E-state index < -0.39 is 11.9 Å². The highest BCUT2D eigenvalue weighted by atomic mass is 79.9. The molecule has 5 nitrogen and oxygen atoms in total. The van der Waals surface area contributed by atoms with Crippen LogP contribution in [0.3, 0.4) is 0 Å². The van der Waals surface area contributed by atoms with Gasteiger partial charge in [0.2, 0.25) is 0 Å². The van der Waals surface area contributed by atoms with Crippen molar-refractivity contribution in [2.24, 2.45) is 0 Å². The summed E-state index contributed by atoms with van der Waals surface area (Å²) in [6, 6.07) is 9.71. The van der Waals surface area contributed by atoms with Gasteiger partial charge in [0.25, 0.3) is 0 Å². The molecule has 0 spiro atoms. The van der Waals surface area contributed by atoms with Crippen LogP contribution in [0.4, 0.5) is 0 Å². The lowest BCUT2D eigenvalue weighted by molar-refractivity contribution is 0.0393. The molecule has 2 aromatic carbocycles. The van der Waals surface area contributed by atoms with Crippen molar-refractivity contribution in [2.75, 3.05) is 14.2 Å². The van der Waals surface area contributed by atoms with Crippen molar-refractivity contribution in [1.29, 1.82) is 0 Å². The smallest absolute Gasteiger partial charge is 0.353 e. The predicted octanol–water partition coefficient (Wildman–Crippen LogP) is 4.23. The third-order valence-corrected chi connectivity index (χ3v) is 3.83. The molecule has 0 saturated heterocycles. The lowest BCUT2D eigenvalue weighted by Gasteiger charge is -2.11. The van der Waals surface area contributed by atoms with Gasteiger partial charge in [-0.15, -0.1) is 0 Å². The van der Waals surface area contributed by atoms with Crippen LogP contribution in [0.25, 0.3) is 0 Å². The van der Waals surface area contributed by atoms with Gasteiger partial charge in [-0.2, -0.15) is 0 Å². The number of methoxy groups -OCH3 is 2. The van der Waals surface area contributed by atoms with Gasteiger partial charge in [0.1, 0.15) is 17.1 Å². The molecule has 0 saturated carbocycles. The van der Waals surface area contributed by atoms with Gasteiger partial charge < -0.3 is 14.2 Å². The maximum Gasteiger partial charge on any atom is 0.353 e. The van der Waals surface area contributed by atoms with Crippen LogP contribution in [-0.4, -0.2) is 26.2 Å². The molecule has 2 aromatic rings. The van der Waals surface area contributed by atoms with E-state index in [4.69, 9.17) is 14.2 Å². The van der Waals surface area contributed by atoms with Gasteiger partial charge in [-0.05, 0) is 30.3 Å². The minimum Gasteiger partial charge on any atom is -0.496 e. The second-order valence-corrected chi connectivity index (χ2v) is 6.20. The molecule has 0 radical (unpaired) electrons. The molecule has 0 bridgehead atoms. The van der Waals surface area contributed by atoms with E-state index in [0.717, 1.165) is 0 Å². The average Bonchev–Trinajstić information content (AvgIpc) is 2.52. The highest BCUT2D eigenvalue weighted by molar-refractivity contribution is 9.11. The first-order valence-corrected chi connectivity index (χ1v) is 7.98. The number of ether oxygens (including phenoxy) is 3. The van der Waals surface area contributed by atoms with E-state index in [-0.39, 0.29) is 22.6 Å². The van der Waals surface area contributed by atoms with Crippen LogP contribution in [0.1, 0.15) is 20.7 Å². The Labute approximate surface area is 149 Å². The van der Waals surface area contributed by atoms with Crippen LogP contribution < -0.4 is 9.47 Å². The molecule has 0 unspecified atom stereocenters. The number of halogens is 2. The summed E-state index contributed by atoms with van der Waals surface area (Å²) < 4.78 is 16.6. The Hall–Kier alpha value is -1.86. The Morgan fingerprint density at radius 3 is 1.87 bits per heavy atom. The van der Waals surface area contributed by atoms with Crippen molar-refractivity contribution in [3.05, 3.63) is 56.5 Å². The molecule has 0 aliphatic heterocycles. The van der Waals surface area contributed by atoms with Gasteiger partial charge >= 0.3 is 11.9 Å². The summed E-state index contributed by atoms with van der Waals surface area (Å²) >= 11 is 6.55. The van der Waals surface area contributed by atoms with Gasteiger partial charge in [0.05, 0.1) is 19.8 Å². The molecule has 0 fully saturated rings. The average molecular weight is 444 g/mol. The van der Waals surface area contributed by atoms with Crippen molar-refractivity contribution in [2.45, 2.75) is 0 Å². The van der Waals surface area contributed by atoms with Crippen molar-refractivity contribution >= 4 is 43.8 Å². The lowest BCUT2D eigenvalue weighted by atomic mass is 10.1. The largest absolute Gasteiger partial charge is 0.496 e. The molecule has 0 amide bonds. The van der Waals surface area contributed by atoms with E-state index in [2.05, 4.69) is 31.9 Å². The minimum atomic E-state index is -0.847. The molecule has 0 heterocycles. The monoisotopic (exact) mass is 442 g/mol. The van der Waals surface area contributed by atoms with Crippen LogP contribution in [0.2, 0.25) is 0 Å². The summed E-state index contributed by atoms with van der Waals surface area (Å²) in [6.45, 7) is 0. The van der Waals surface area contributed by atoms with Crippen molar-refractivity contribution in [1.82, 2.24) is 0 Å². The number of hydrogen-bond acceptors (Lipinski definition) is 5. The molecule has 7 heteroatoms. The van der Waals surface area contributed by atoms with E-state index in [1.807, 2.05) is 0 Å². The molecular weight excluding hydrogens is 432 g/mol. The lowest BCUT2D eigenvalue weighted by Crippen LogP contribution is -2.15. The second-order valence-electron chi connectivity index (χ2n) is 4.37. The summed E-state index contributed by atoms with van der Waals surface area (Å²) in [5.41, 5.74) is 0.286. The van der Waals surface area contributed by atoms with Crippen LogP contribution >= 0.6 is 31.9 Å². The van der Waals surface area contributed by atoms with E-state index in [1.165, 1.54) is 14.2 Å². The van der Waals surface area contributed by atoms with Crippen LogP contribution in [0, 0.1) is 0 Å². The Bertz CT molecular complexity index is 716. The fraction of sp³-hybridized carbons (Fsp3) is 0.125. The first-order valence-electron chi connectivity index (χ1n) is 6.40. The zero-order chi connectivity index (χ0) is 17.0. The Balaban J connectivity index is 2.30. The number of benzene rings is 2. The molecule has 2 rings (SSSR count). The summed E-state index contributed by atoms with van der Waals surface area (Å²) in [7, 11) is 2.83. The van der Waals surface area contributed by atoms with Gasteiger partial charge in [-0.1, -0.05) is 37.9 Å². The van der Waals surface area contributed by atoms with E-state index in [0.29, 0.717) is 8.95 Å². The molecule has 0 atom stereocenters. The predicted molar refractivity (Wildman–Crippen MR) is 91.1 cm³/mol. The zero-order valence-electron chi connectivity index (χ0n) is 12.3. The zero-order valence-corrected chi connectivity index (χ0v) is 15.4. The van der Waals surface area contributed by atoms with Gasteiger partial charge in [0.15, 0.2) is 0 Å². The van der Waals surface area contributed by atoms with E-state index >= 15 is 0 Å². The molecule has 0 aliphatic rings. The number of esters is 2. The maximum atomic E-state index is 12.3. The third kappa shape index (κ3) is 4.11. The SMILES string of the molecule is COc1cccc(OC)c1C(=O)OC(=O)c1cc(Br)cc(Br)c1. The van der Waals surface area contributed by atoms with Gasteiger partial charge in [-0.25, -0.2) is 9.59 Å². The first kappa shape index (κ1) is 17.5. The van der Waals surface area contributed by atoms with Gasteiger partial charge in [-0.3, -0.25) is 0 Å². The Morgan fingerprint density at radius 1 is 0.870 bits per heavy atom. The van der Waals surface area contributed by atoms with Crippen molar-refractivity contribution in [3.8, 4) is 11.5 Å². The van der Waals surface area contributed by atoms with Crippen LogP contribution in [0.15, 0.2) is 45.3 Å². The quantitative estimate of drug-likeness (QED) is 0.522. The molecule has 23 heavy (non-hydrogen) atoms. The molecular formula is C16H12Br2O5. The van der Waals surface area contributed by atoms with Crippen LogP contribution in [0.5, 0.6) is 11.5 Å². The van der Waals surface area contributed by atoms with Crippen molar-refractivity contribution < 1.29 is 23.8 Å². The first-order chi connectivity index (χ1) is 11.0. The van der Waals surface area contributed by atoms with E-state index in [9.17, 15) is 9.59 Å². The summed E-state index contributed by atoms with van der Waals surface area (Å²) in [4.78, 5) is 24.5. The number of carbonyl (C=O) groups excluding carboxylic acids is 2. The number of rotatable bonds is 4. The van der Waals surface area contributed by atoms with Gasteiger partial charge in [0, 0.05) is 8.95 Å². The summed E-state index contributed by atoms with van der Waals surface area (Å²) in [5, 5.41) is 0. The molecule has 120 valence electrons. The molecule has 0 aliphatic carbocycles. The molecule has 0 aromatic heterocycles. The maximum absolute atomic E-state index is 12.3. The number of hydrogen-bond donors (Lipinski definition) is 0. The number of carbonyl (C=O) groups is 2. The third-order valence-electron chi connectivity index (χ3n) is 2.92. The normalized spacial score (nSPS) is 10.1. The highest BCUT2D eigenvalue weighted by Gasteiger charge is 2.23. The summed E-state index contributed by atoms with van der Waals surface area (Å²) in [5.74, 6) is -1.10. The van der Waals surface area contributed by atoms with Crippen LogP contribution in [-0.2, 0) is 4.74 Å². The Kier molecular flexibility index (Phi) is 5.79. The standard InChI is InChI=1S/C16H12Br2O5/c1-21-12-4-3-5-13(22-2)14(12)16(20)23-15(19)9-6-10(17)8-11(18)7-9/h3-8H,1-2H3. The van der Waals surface area contributed by atoms with E-state index in [1.54, 1.807) is 36.4 Å². The Morgan fingerprint density at radius 2 is 1.39 bits per heavy atom. The fourth-order valence-corrected chi connectivity index (χ4v) is 3.21. The summed E-state index contributed by atoms with van der Waals surface area (Å²) in [6.07, 6.45) is 0. The fourth-order valence-electron chi connectivity index (χ4n) is 1.92. The van der Waals surface area contributed by atoms with Crippen molar-refractivity contribution in [3.63, 3.8) is 0 Å². The topological polar surface area (TPSA) is 61.8 Å². The minimum absolute atomic E-state index is 0.0555. The highest BCUT2D eigenvalue weighted by Crippen LogP contribution is 2.29.